The number of ether oxygens (including phenoxy) is 1. The maximum atomic E-state index is 12.5. The second kappa shape index (κ2) is 9.49. The van der Waals surface area contributed by atoms with Gasteiger partial charge in [-0.3, -0.25) is 4.79 Å². The Bertz CT molecular complexity index is 1420. The molecule has 0 bridgehead atoms. The number of methoxy groups -OCH3 is 1. The van der Waals surface area contributed by atoms with E-state index in [1.807, 2.05) is 53.7 Å². The van der Waals surface area contributed by atoms with Crippen molar-refractivity contribution < 1.29 is 9.53 Å². The number of hydrogen-bond donors (Lipinski definition) is 1. The predicted octanol–water partition coefficient (Wildman–Crippen LogP) is 3.05. The van der Waals surface area contributed by atoms with Crippen molar-refractivity contribution in [1.82, 2.24) is 24.3 Å². The molecule has 1 unspecified atom stereocenters. The molecule has 5 rings (SSSR count). The van der Waals surface area contributed by atoms with E-state index in [-0.39, 0.29) is 11.8 Å². The molecular weight excluding hydrogens is 476 g/mol. The van der Waals surface area contributed by atoms with Crippen LogP contribution in [-0.2, 0) is 11.8 Å². The quantitative estimate of drug-likeness (QED) is 0.424. The predicted molar refractivity (Wildman–Crippen MR) is 142 cm³/mol. The average Bonchev–Trinajstić information content (AvgIpc) is 3.16. The van der Waals surface area contributed by atoms with Gasteiger partial charge in [-0.2, -0.15) is 0 Å². The lowest BCUT2D eigenvalue weighted by atomic mass is 10.0. The van der Waals surface area contributed by atoms with Crippen LogP contribution in [0.1, 0.15) is 5.69 Å². The van der Waals surface area contributed by atoms with E-state index >= 15 is 0 Å². The van der Waals surface area contributed by atoms with Gasteiger partial charge in [0.1, 0.15) is 29.2 Å². The Hall–Kier alpha value is -3.54. The Labute approximate surface area is 215 Å². The van der Waals surface area contributed by atoms with Crippen LogP contribution in [0.4, 0.5) is 5.82 Å². The number of halogens is 1. The van der Waals surface area contributed by atoms with Crippen LogP contribution in [0.15, 0.2) is 36.7 Å². The van der Waals surface area contributed by atoms with Crippen LogP contribution < -0.4 is 10.5 Å². The third-order valence-electron chi connectivity index (χ3n) is 7.02. The number of carbonyl (C=O) groups is 1. The lowest BCUT2D eigenvalue weighted by Crippen LogP contribution is -2.30. The Morgan fingerprint density at radius 2 is 2.06 bits per heavy atom. The molecule has 0 radical (unpaired) electrons. The number of nitrogens with two attached hydrogens (primary N) is 1. The van der Waals surface area contributed by atoms with E-state index in [2.05, 4.69) is 21.8 Å². The number of likely N-dealkylation sites (N-methyl/N-ethyl adjacent to an activating group) is 1. The average molecular weight is 505 g/mol. The fourth-order valence-electron chi connectivity index (χ4n) is 5.10. The lowest BCUT2D eigenvalue weighted by Gasteiger charge is -2.16. The first-order chi connectivity index (χ1) is 17.3. The smallest absolute Gasteiger partial charge is 0.246 e. The second-order valence-corrected chi connectivity index (χ2v) is 10.1. The molecule has 1 aliphatic carbocycles. The zero-order valence-electron chi connectivity index (χ0n) is 20.8. The summed E-state index contributed by atoms with van der Waals surface area (Å²) < 4.78 is 7.58. The minimum Gasteiger partial charge on any atom is -0.496 e. The van der Waals surface area contributed by atoms with E-state index in [1.54, 1.807) is 19.3 Å². The van der Waals surface area contributed by atoms with Crippen molar-refractivity contribution in [2.75, 3.05) is 46.6 Å². The molecule has 3 aromatic rings. The van der Waals surface area contributed by atoms with Crippen molar-refractivity contribution >= 4 is 34.4 Å². The van der Waals surface area contributed by atoms with Gasteiger partial charge in [-0.15, -0.1) is 0 Å². The largest absolute Gasteiger partial charge is 0.496 e. The van der Waals surface area contributed by atoms with Crippen molar-refractivity contribution in [3.8, 4) is 28.7 Å². The number of nitrogens with zero attached hydrogens (tertiary/aromatic N) is 5. The number of fused-ring (bicyclic) bond motifs is 2. The monoisotopic (exact) mass is 504 g/mol. The van der Waals surface area contributed by atoms with Crippen LogP contribution in [0.5, 0.6) is 5.75 Å². The standard InChI is InChI=1S/C27H29ClN6O2/c1-32(2)11-5-6-23(35)34-13-19-17(20(19)14-34)8-9-21-24(18-12-16(28)7-10-22(18)36-4)25-26(29)30-15-31-27(25)33(21)3/h5-7,10,12,15,17,19-20H,11,13-14H2,1-4H3,(H2,29,30,31)/b6-5+/t17?,19-,20+. The van der Waals surface area contributed by atoms with Gasteiger partial charge >= 0.3 is 0 Å². The van der Waals surface area contributed by atoms with E-state index in [1.165, 1.54) is 6.33 Å². The van der Waals surface area contributed by atoms with Crippen LogP contribution in [0, 0.1) is 29.6 Å². The van der Waals surface area contributed by atoms with Gasteiger partial charge < -0.3 is 24.8 Å². The minimum absolute atomic E-state index is 0.0776. The number of nitrogen functional groups attached to an aromatic ring is 1. The van der Waals surface area contributed by atoms with Crippen molar-refractivity contribution in [1.29, 1.82) is 0 Å². The Balaban J connectivity index is 1.45. The number of likely N-dealkylation sites (tertiary alicyclic amines) is 1. The highest BCUT2D eigenvalue weighted by Gasteiger charge is 2.55. The van der Waals surface area contributed by atoms with Gasteiger partial charge in [0.2, 0.25) is 5.91 Å². The van der Waals surface area contributed by atoms with Crippen molar-refractivity contribution in [3.63, 3.8) is 0 Å². The number of aryl methyl sites for hydroxylation is 1. The number of rotatable bonds is 5. The molecule has 8 nitrogen and oxygen atoms in total. The first kappa shape index (κ1) is 24.2. The second-order valence-electron chi connectivity index (χ2n) is 9.62. The molecule has 0 spiro atoms. The molecule has 36 heavy (non-hydrogen) atoms. The molecule has 1 aliphatic heterocycles. The molecule has 3 atom stereocenters. The molecule has 1 aromatic carbocycles. The number of hydrogen-bond acceptors (Lipinski definition) is 6. The van der Waals surface area contributed by atoms with Gasteiger partial charge in [-0.1, -0.05) is 23.6 Å². The molecule has 1 amide bonds. The molecule has 3 heterocycles. The van der Waals surface area contributed by atoms with Gasteiger partial charge in [-0.05, 0) is 50.1 Å². The molecule has 186 valence electrons. The molecule has 1 saturated carbocycles. The summed E-state index contributed by atoms with van der Waals surface area (Å²) in [6.45, 7) is 2.25. The SMILES string of the molecule is COc1ccc(Cl)cc1-c1c(C#CC2[C@H]3CN(C(=O)/C=C/CN(C)C)C[C@@H]23)n(C)c2ncnc(N)c12. The van der Waals surface area contributed by atoms with E-state index in [0.29, 0.717) is 34.1 Å². The van der Waals surface area contributed by atoms with Crippen molar-refractivity contribution in [2.45, 2.75) is 0 Å². The zero-order chi connectivity index (χ0) is 25.6. The fraction of sp³-hybridized carbons (Fsp3) is 0.370. The highest BCUT2D eigenvalue weighted by molar-refractivity contribution is 6.31. The molecule has 1 saturated heterocycles. The summed E-state index contributed by atoms with van der Waals surface area (Å²) in [7, 11) is 7.51. The summed E-state index contributed by atoms with van der Waals surface area (Å²) in [4.78, 5) is 25.1. The fourth-order valence-corrected chi connectivity index (χ4v) is 5.27. The van der Waals surface area contributed by atoms with Crippen LogP contribution >= 0.6 is 11.6 Å². The lowest BCUT2D eigenvalue weighted by molar-refractivity contribution is -0.125. The molecular formula is C27H29ClN6O2. The molecule has 2 aromatic heterocycles. The summed E-state index contributed by atoms with van der Waals surface area (Å²) in [5, 5.41) is 1.31. The third-order valence-corrected chi connectivity index (χ3v) is 7.26. The van der Waals surface area contributed by atoms with Crippen molar-refractivity contribution in [2.24, 2.45) is 24.8 Å². The van der Waals surface area contributed by atoms with Crippen LogP contribution in [0.25, 0.3) is 22.2 Å². The van der Waals surface area contributed by atoms with Crippen molar-refractivity contribution in [3.05, 3.63) is 47.4 Å². The number of piperidine rings is 1. The van der Waals surface area contributed by atoms with Gasteiger partial charge in [0.15, 0.2) is 0 Å². The van der Waals surface area contributed by atoms with Gasteiger partial charge in [-0.25, -0.2) is 9.97 Å². The van der Waals surface area contributed by atoms with E-state index in [0.717, 1.165) is 41.8 Å². The van der Waals surface area contributed by atoms with Gasteiger partial charge in [0.25, 0.3) is 0 Å². The van der Waals surface area contributed by atoms with Crippen LogP contribution in [0.2, 0.25) is 5.02 Å². The number of anilines is 1. The first-order valence-electron chi connectivity index (χ1n) is 11.8. The van der Waals surface area contributed by atoms with Gasteiger partial charge in [0.05, 0.1) is 12.5 Å². The van der Waals surface area contributed by atoms with E-state index in [9.17, 15) is 4.79 Å². The summed E-state index contributed by atoms with van der Waals surface area (Å²) in [6.07, 6.45) is 5.04. The summed E-state index contributed by atoms with van der Waals surface area (Å²) in [6, 6.07) is 5.47. The Kier molecular flexibility index (Phi) is 6.37. The number of benzene rings is 1. The minimum atomic E-state index is 0.0776. The molecule has 2 fully saturated rings. The van der Waals surface area contributed by atoms with Crippen LogP contribution in [0.3, 0.4) is 0 Å². The highest BCUT2D eigenvalue weighted by atomic mass is 35.5. The van der Waals surface area contributed by atoms with E-state index < -0.39 is 0 Å². The third kappa shape index (κ3) is 4.29. The first-order valence-corrected chi connectivity index (χ1v) is 12.2. The maximum absolute atomic E-state index is 12.5. The normalized spacial score (nSPS) is 20.6. The number of aromatic nitrogens is 3. The maximum Gasteiger partial charge on any atom is 0.246 e. The molecule has 2 N–H and O–H groups in total. The summed E-state index contributed by atoms with van der Waals surface area (Å²) in [5.74, 6) is 9.09. The molecule has 2 aliphatic rings. The Morgan fingerprint density at radius 1 is 1.31 bits per heavy atom. The number of amides is 1. The Morgan fingerprint density at radius 3 is 2.75 bits per heavy atom. The topological polar surface area (TPSA) is 89.5 Å². The summed E-state index contributed by atoms with van der Waals surface area (Å²) >= 11 is 6.36. The van der Waals surface area contributed by atoms with Crippen LogP contribution in [-0.4, -0.2) is 71.1 Å². The van der Waals surface area contributed by atoms with E-state index in [4.69, 9.17) is 22.1 Å². The highest BCUT2D eigenvalue weighted by Crippen LogP contribution is 2.51. The summed E-state index contributed by atoms with van der Waals surface area (Å²) in [5.41, 5.74) is 9.39. The van der Waals surface area contributed by atoms with Gasteiger partial charge in [0, 0.05) is 54.8 Å². The number of carbonyl (C=O) groups excluding carboxylic acids is 1. The molecule has 9 heteroatoms. The zero-order valence-corrected chi connectivity index (χ0v) is 21.6.